The number of guanidine groups is 1. The second-order valence-electron chi connectivity index (χ2n) is 18.8. The average molecular weight is 1010 g/mol. The molecule has 0 aliphatic rings. The van der Waals surface area contributed by atoms with E-state index in [9.17, 15) is 58.5 Å². The number of carboxylic acids is 2. The Morgan fingerprint density at radius 2 is 0.930 bits per heavy atom. The number of carbonyl (C=O) groups excluding carboxylic acids is 7. The van der Waals surface area contributed by atoms with E-state index in [1.165, 1.54) is 71.1 Å². The number of aliphatic imine (C=N–C) groups is 1. The van der Waals surface area contributed by atoms with Crippen molar-refractivity contribution in [3.8, 4) is 0 Å². The molecule has 0 radical (unpaired) electrons. The molecule has 0 heterocycles. The third-order valence-corrected chi connectivity index (χ3v) is 11.6. The average Bonchev–Trinajstić information content (AvgIpc) is 3.28. The normalized spacial score (nSPS) is 14.1. The first-order chi connectivity index (χ1) is 33.6. The SMILES string of the molecule is CCCCCCCCCCCCCCCCCC(=O)N[C@H](C(=O)N[C@@H](CCCN=C(N)N)C(=O)N[C@@H](CC(N)=O)C(=O)N[C@@H](CC(=O)O)C(=O)N[C@@H](CCCCN)C(=O)N[C@@H](CC(C)C)C(=O)O)[C@@H](C)O. The molecule has 0 aliphatic carbocycles. The van der Waals surface area contributed by atoms with E-state index < -0.39 is 108 Å². The Bertz CT molecular complexity index is 1660. The number of nitrogens with zero attached hydrogens (tertiary/aromatic N) is 1. The maximum atomic E-state index is 13.9. The topological polar surface area (TPSA) is 403 Å². The lowest BCUT2D eigenvalue weighted by atomic mass is 10.0. The first-order valence-electron chi connectivity index (χ1n) is 25.6. The number of aliphatic carboxylic acids is 2. The maximum absolute atomic E-state index is 13.9. The van der Waals surface area contributed by atoms with Crippen LogP contribution in [0.1, 0.15) is 182 Å². The lowest BCUT2D eigenvalue weighted by Gasteiger charge is -2.27. The summed E-state index contributed by atoms with van der Waals surface area (Å²) in [6.45, 7) is 7.22. The molecule has 0 aromatic carbocycles. The Labute approximate surface area is 419 Å². The van der Waals surface area contributed by atoms with Gasteiger partial charge in [-0.2, -0.15) is 0 Å². The molecule has 0 unspecified atom stereocenters. The fourth-order valence-electron chi connectivity index (χ4n) is 7.68. The van der Waals surface area contributed by atoms with E-state index in [0.717, 1.165) is 25.7 Å². The molecule has 0 aromatic heterocycles. The molecule has 0 spiro atoms. The van der Waals surface area contributed by atoms with Crippen molar-refractivity contribution in [3.63, 3.8) is 0 Å². The second kappa shape index (κ2) is 39.1. The zero-order chi connectivity index (χ0) is 53.7. The molecular formula is C48H89N11O12. The highest BCUT2D eigenvalue weighted by molar-refractivity contribution is 5.99. The summed E-state index contributed by atoms with van der Waals surface area (Å²) in [5, 5.41) is 44.2. The number of aliphatic hydroxyl groups excluding tert-OH is 1. The van der Waals surface area contributed by atoms with Gasteiger partial charge in [0.05, 0.1) is 18.9 Å². The highest BCUT2D eigenvalue weighted by atomic mass is 16.4. The first-order valence-corrected chi connectivity index (χ1v) is 25.6. The van der Waals surface area contributed by atoms with Gasteiger partial charge in [-0.05, 0) is 64.3 Å². The van der Waals surface area contributed by atoms with E-state index in [0.29, 0.717) is 19.3 Å². The van der Waals surface area contributed by atoms with Crippen LogP contribution in [0.2, 0.25) is 0 Å². The number of amides is 7. The van der Waals surface area contributed by atoms with Crippen molar-refractivity contribution in [2.75, 3.05) is 13.1 Å². The van der Waals surface area contributed by atoms with E-state index in [1.807, 2.05) is 0 Å². The van der Waals surface area contributed by atoms with Gasteiger partial charge in [0.1, 0.15) is 36.3 Å². The van der Waals surface area contributed by atoms with Crippen molar-refractivity contribution >= 4 is 59.2 Å². The minimum Gasteiger partial charge on any atom is -0.481 e. The van der Waals surface area contributed by atoms with Crippen LogP contribution in [-0.2, 0) is 43.2 Å². The van der Waals surface area contributed by atoms with Crippen LogP contribution in [0, 0.1) is 5.92 Å². The van der Waals surface area contributed by atoms with Crippen LogP contribution >= 0.6 is 0 Å². The largest absolute Gasteiger partial charge is 0.481 e. The highest BCUT2D eigenvalue weighted by Crippen LogP contribution is 2.15. The monoisotopic (exact) mass is 1010 g/mol. The van der Waals surface area contributed by atoms with Crippen molar-refractivity contribution in [1.29, 1.82) is 0 Å². The molecule has 408 valence electrons. The summed E-state index contributed by atoms with van der Waals surface area (Å²) in [7, 11) is 0. The lowest BCUT2D eigenvalue weighted by molar-refractivity contribution is -0.143. The van der Waals surface area contributed by atoms with E-state index in [1.54, 1.807) is 13.8 Å². The van der Waals surface area contributed by atoms with Gasteiger partial charge in [-0.1, -0.05) is 111 Å². The predicted molar refractivity (Wildman–Crippen MR) is 269 cm³/mol. The quantitative estimate of drug-likeness (QED) is 0.0232. The number of carboxylic acid groups (broad SMARTS) is 2. The van der Waals surface area contributed by atoms with Gasteiger partial charge in [-0.3, -0.25) is 43.3 Å². The van der Waals surface area contributed by atoms with Crippen molar-refractivity contribution in [2.24, 2.45) is 33.8 Å². The molecule has 7 atom stereocenters. The molecule has 0 saturated heterocycles. The van der Waals surface area contributed by atoms with Gasteiger partial charge in [0, 0.05) is 13.0 Å². The highest BCUT2D eigenvalue weighted by Gasteiger charge is 2.35. The van der Waals surface area contributed by atoms with E-state index in [-0.39, 0.29) is 57.1 Å². The van der Waals surface area contributed by atoms with Crippen molar-refractivity contribution < 1.29 is 58.5 Å². The number of aliphatic hydroxyl groups is 1. The molecule has 23 heteroatoms. The third kappa shape index (κ3) is 32.8. The van der Waals surface area contributed by atoms with Gasteiger partial charge >= 0.3 is 11.9 Å². The van der Waals surface area contributed by atoms with Gasteiger partial charge in [0.2, 0.25) is 41.4 Å². The van der Waals surface area contributed by atoms with Gasteiger partial charge < -0.3 is 70.2 Å². The molecule has 71 heavy (non-hydrogen) atoms. The summed E-state index contributed by atoms with van der Waals surface area (Å²) >= 11 is 0. The second-order valence-corrected chi connectivity index (χ2v) is 18.8. The number of rotatable bonds is 43. The Kier molecular flexibility index (Phi) is 36.0. The van der Waals surface area contributed by atoms with Crippen LogP contribution in [-0.4, -0.2) is 130 Å². The minimum atomic E-state index is -1.90. The zero-order valence-electron chi connectivity index (χ0n) is 42.8. The molecule has 0 bridgehead atoms. The summed E-state index contributed by atoms with van der Waals surface area (Å²) in [5.74, 6) is -10.2. The van der Waals surface area contributed by atoms with Gasteiger partial charge in [-0.25, -0.2) is 4.79 Å². The molecule has 0 rings (SSSR count). The Hall–Kier alpha value is -5.58. The van der Waals surface area contributed by atoms with Gasteiger partial charge in [-0.15, -0.1) is 0 Å². The number of carbonyl (C=O) groups is 9. The number of unbranched alkanes of at least 4 members (excludes halogenated alkanes) is 15. The van der Waals surface area contributed by atoms with Crippen LogP contribution in [0.4, 0.5) is 0 Å². The number of hydrogen-bond acceptors (Lipinski definition) is 12. The first kappa shape index (κ1) is 65.4. The van der Waals surface area contributed by atoms with Crippen molar-refractivity contribution in [3.05, 3.63) is 0 Å². The lowest BCUT2D eigenvalue weighted by Crippen LogP contribution is -2.60. The minimum absolute atomic E-state index is 0.00504. The predicted octanol–water partition coefficient (Wildman–Crippen LogP) is 1.20. The van der Waals surface area contributed by atoms with Crippen molar-refractivity contribution in [2.45, 2.75) is 224 Å². The summed E-state index contributed by atoms with van der Waals surface area (Å²) in [6, 6.07) is -9.44. The molecular weight excluding hydrogens is 923 g/mol. The fourth-order valence-corrected chi connectivity index (χ4v) is 7.68. The number of nitrogens with one attached hydrogen (secondary N) is 6. The molecule has 7 amide bonds. The Balaban J connectivity index is 5.93. The zero-order valence-corrected chi connectivity index (χ0v) is 42.8. The smallest absolute Gasteiger partial charge is 0.326 e. The molecule has 17 N–H and O–H groups in total. The summed E-state index contributed by atoms with van der Waals surface area (Å²) in [5.41, 5.74) is 21.9. The number of nitrogens with two attached hydrogens (primary N) is 4. The van der Waals surface area contributed by atoms with Gasteiger partial charge in [0.25, 0.3) is 0 Å². The van der Waals surface area contributed by atoms with Crippen LogP contribution in [0.3, 0.4) is 0 Å². The molecule has 0 aromatic rings. The van der Waals surface area contributed by atoms with Crippen LogP contribution in [0.5, 0.6) is 0 Å². The molecule has 0 aliphatic heterocycles. The van der Waals surface area contributed by atoms with Crippen molar-refractivity contribution in [1.82, 2.24) is 31.9 Å². The Morgan fingerprint density at radius 3 is 1.35 bits per heavy atom. The summed E-state index contributed by atoms with van der Waals surface area (Å²) < 4.78 is 0. The number of primary amides is 1. The fraction of sp³-hybridized carbons (Fsp3) is 0.792. The summed E-state index contributed by atoms with van der Waals surface area (Å²) in [4.78, 5) is 121. The van der Waals surface area contributed by atoms with E-state index in [2.05, 4.69) is 43.8 Å². The molecule has 0 saturated carbocycles. The molecule has 0 fully saturated rings. The summed E-state index contributed by atoms with van der Waals surface area (Å²) in [6.07, 6.45) is 14.7. The van der Waals surface area contributed by atoms with Crippen LogP contribution in [0.25, 0.3) is 0 Å². The standard InChI is InChI=1S/C48H89N11O12/c1-5-6-7-8-9-10-11-12-13-14-15-16-17-18-19-25-39(62)59-41(32(4)60)46(69)55-34(24-22-27-53-48(51)52)42(65)56-35(29-38(50)61)44(67)57-36(30-40(63)64)45(68)54-33(23-20-21-26-49)43(66)58-37(47(70)71)28-31(2)3/h31-37,41,60H,5-30,49H2,1-4H3,(H2,50,61)(H,54,68)(H,55,69)(H,56,65)(H,57,67)(H,58,66)(H,59,62)(H,63,64)(H,70,71)(H4,51,52,53)/t32-,33+,34+,35+,36+,37+,41+/m1/s1. The third-order valence-electron chi connectivity index (χ3n) is 11.6. The van der Waals surface area contributed by atoms with Crippen LogP contribution in [0.15, 0.2) is 4.99 Å². The Morgan fingerprint density at radius 1 is 0.507 bits per heavy atom. The number of hydrogen-bond donors (Lipinski definition) is 13. The molecule has 23 nitrogen and oxygen atoms in total. The maximum Gasteiger partial charge on any atom is 0.326 e. The van der Waals surface area contributed by atoms with E-state index >= 15 is 0 Å². The van der Waals surface area contributed by atoms with Crippen LogP contribution < -0.4 is 54.8 Å². The van der Waals surface area contributed by atoms with E-state index in [4.69, 9.17) is 22.9 Å². The van der Waals surface area contributed by atoms with Gasteiger partial charge in [0.15, 0.2) is 5.96 Å².